The molecule has 0 saturated heterocycles. The molecule has 0 aromatic heterocycles. The smallest absolute Gasteiger partial charge is 0.487 e. The Hall–Kier alpha value is -3.46. The van der Waals surface area contributed by atoms with Crippen LogP contribution in [-0.2, 0) is 38.5 Å². The first-order chi connectivity index (χ1) is 23.2. The van der Waals surface area contributed by atoms with Crippen molar-refractivity contribution in [1.82, 2.24) is 0 Å². The number of benzene rings is 2. The van der Waals surface area contributed by atoms with Crippen LogP contribution in [0.4, 0.5) is 24.5 Å². The van der Waals surface area contributed by atoms with Gasteiger partial charge in [-0.3, -0.25) is 0 Å². The van der Waals surface area contributed by atoms with Gasteiger partial charge in [0.15, 0.2) is 28.7 Å². The summed E-state index contributed by atoms with van der Waals surface area (Å²) in [6.07, 6.45) is 0. The number of nitrogens with zero attached hydrogens (tertiary/aromatic N) is 2. The molecule has 0 amide bonds. The number of alkyl halides is 3. The molecule has 2 aromatic rings. The quantitative estimate of drug-likeness (QED) is 0.255. The van der Waals surface area contributed by atoms with Crippen LogP contribution in [0.25, 0.3) is 0 Å². The second kappa shape index (κ2) is 19.5. The predicted octanol–water partition coefficient (Wildman–Crippen LogP) is 3.97. The molecule has 0 bridgehead atoms. The highest BCUT2D eigenvalue weighted by Gasteiger charge is 2.49. The largest absolute Gasteiger partial charge is 0.534 e. The van der Waals surface area contributed by atoms with Gasteiger partial charge < -0.3 is 51.6 Å². The Morgan fingerprint density at radius 3 is 1.38 bits per heavy atom. The molecule has 48 heavy (non-hydrogen) atoms. The van der Waals surface area contributed by atoms with Crippen molar-refractivity contribution < 1.29 is 73.1 Å². The average Bonchev–Trinajstić information content (AvgIpc) is 3.06. The highest BCUT2D eigenvalue weighted by atomic mass is 32.2. The summed E-state index contributed by atoms with van der Waals surface area (Å²) in [4.78, 5) is 0. The molecule has 19 heteroatoms. The lowest BCUT2D eigenvalue weighted by Crippen LogP contribution is -2.28. The number of azo groups is 1. The second-order valence-electron chi connectivity index (χ2n) is 9.65. The summed E-state index contributed by atoms with van der Waals surface area (Å²) in [5.74, 6) is -0.270. The van der Waals surface area contributed by atoms with Gasteiger partial charge in [0.1, 0.15) is 32.1 Å². The summed E-state index contributed by atoms with van der Waals surface area (Å²) in [6, 6.07) is 6.62. The molecular formula is C29H37F3N2O13S. The SMILES string of the molecule is O=S(=O)(Oc1cc2c(cc1N=Nc1ccc3c(c1)OCCOCCOCCOCCO3)OCCOCCOCCOCCO2)C(F)(F)F. The fraction of sp³-hybridized carbons (Fsp3) is 0.586. The topological polar surface area (TPSA) is 160 Å². The van der Waals surface area contributed by atoms with Crippen molar-refractivity contribution in [2.24, 2.45) is 10.2 Å². The lowest BCUT2D eigenvalue weighted by molar-refractivity contribution is -0.0499. The number of hydrogen-bond donors (Lipinski definition) is 0. The van der Waals surface area contributed by atoms with Crippen molar-refractivity contribution >= 4 is 21.5 Å². The monoisotopic (exact) mass is 710 g/mol. The maximum absolute atomic E-state index is 13.3. The summed E-state index contributed by atoms with van der Waals surface area (Å²) < 4.78 is 124. The molecule has 0 fully saturated rings. The van der Waals surface area contributed by atoms with Gasteiger partial charge in [0.2, 0.25) is 0 Å². The molecule has 0 radical (unpaired) electrons. The maximum Gasteiger partial charge on any atom is 0.534 e. The Morgan fingerprint density at radius 1 is 0.521 bits per heavy atom. The number of halogens is 3. The van der Waals surface area contributed by atoms with Gasteiger partial charge in [0.05, 0.1) is 85.0 Å². The van der Waals surface area contributed by atoms with Gasteiger partial charge in [-0.1, -0.05) is 0 Å². The van der Waals surface area contributed by atoms with E-state index in [4.69, 9.17) is 47.4 Å². The Balaban J connectivity index is 1.62. The third kappa shape index (κ3) is 12.5. The van der Waals surface area contributed by atoms with Crippen LogP contribution in [0.15, 0.2) is 40.6 Å². The Labute approximate surface area is 275 Å². The van der Waals surface area contributed by atoms with Crippen molar-refractivity contribution in [2.75, 3.05) is 106 Å². The minimum atomic E-state index is -6.10. The molecule has 0 N–H and O–H groups in total. The molecule has 15 nitrogen and oxygen atoms in total. The molecule has 2 aliphatic heterocycles. The van der Waals surface area contributed by atoms with Crippen LogP contribution in [-0.4, -0.2) is 120 Å². The molecule has 0 spiro atoms. The van der Waals surface area contributed by atoms with E-state index in [9.17, 15) is 21.6 Å². The van der Waals surface area contributed by atoms with Crippen LogP contribution in [0, 0.1) is 0 Å². The minimum Gasteiger partial charge on any atom is -0.487 e. The number of rotatable bonds is 4. The number of hydrogen-bond acceptors (Lipinski definition) is 15. The molecule has 0 unspecified atom stereocenters. The van der Waals surface area contributed by atoms with E-state index in [2.05, 4.69) is 14.4 Å². The van der Waals surface area contributed by atoms with E-state index < -0.39 is 27.1 Å². The zero-order chi connectivity index (χ0) is 34.1. The number of fused-ring (bicyclic) bond motifs is 2. The van der Waals surface area contributed by atoms with Crippen molar-refractivity contribution in [3.8, 4) is 28.7 Å². The Bertz CT molecular complexity index is 1410. The predicted molar refractivity (Wildman–Crippen MR) is 160 cm³/mol. The molecule has 0 aliphatic carbocycles. The summed E-state index contributed by atoms with van der Waals surface area (Å²) in [7, 11) is -6.10. The van der Waals surface area contributed by atoms with Crippen LogP contribution < -0.4 is 23.1 Å². The average molecular weight is 711 g/mol. The van der Waals surface area contributed by atoms with Crippen LogP contribution in [0.1, 0.15) is 0 Å². The van der Waals surface area contributed by atoms with Crippen LogP contribution in [0.3, 0.4) is 0 Å². The van der Waals surface area contributed by atoms with E-state index in [1.807, 2.05) is 0 Å². The van der Waals surface area contributed by atoms with E-state index in [1.54, 1.807) is 6.07 Å². The van der Waals surface area contributed by atoms with Crippen molar-refractivity contribution in [2.45, 2.75) is 5.51 Å². The van der Waals surface area contributed by atoms with Gasteiger partial charge in [0, 0.05) is 18.2 Å². The lowest BCUT2D eigenvalue weighted by atomic mass is 10.2. The van der Waals surface area contributed by atoms with Gasteiger partial charge in [-0.05, 0) is 12.1 Å². The molecule has 268 valence electrons. The first-order valence-corrected chi connectivity index (χ1v) is 16.4. The van der Waals surface area contributed by atoms with Crippen molar-refractivity contribution in [3.05, 3.63) is 30.3 Å². The molecule has 0 atom stereocenters. The van der Waals surface area contributed by atoms with Crippen LogP contribution in [0.2, 0.25) is 0 Å². The lowest BCUT2D eigenvalue weighted by Gasteiger charge is -2.17. The van der Waals surface area contributed by atoms with E-state index in [1.165, 1.54) is 12.1 Å². The van der Waals surface area contributed by atoms with Crippen molar-refractivity contribution in [1.29, 1.82) is 0 Å². The maximum atomic E-state index is 13.3. The van der Waals surface area contributed by atoms with Gasteiger partial charge in [-0.15, -0.1) is 5.11 Å². The van der Waals surface area contributed by atoms with Crippen LogP contribution in [0.5, 0.6) is 28.7 Å². The fourth-order valence-corrected chi connectivity index (χ4v) is 4.36. The molecule has 0 saturated carbocycles. The minimum absolute atomic E-state index is 0.00837. The van der Waals surface area contributed by atoms with Gasteiger partial charge in [-0.2, -0.15) is 26.7 Å². The third-order valence-electron chi connectivity index (χ3n) is 6.14. The summed E-state index contributed by atoms with van der Waals surface area (Å²) >= 11 is 0. The van der Waals surface area contributed by atoms with E-state index >= 15 is 0 Å². The fourth-order valence-electron chi connectivity index (χ4n) is 3.90. The highest BCUT2D eigenvalue weighted by Crippen LogP contribution is 2.43. The summed E-state index contributed by atoms with van der Waals surface area (Å²) in [6.45, 7) is 3.88. The normalized spacial score (nSPS) is 18.9. The van der Waals surface area contributed by atoms with E-state index in [0.717, 1.165) is 12.1 Å². The first-order valence-electron chi connectivity index (χ1n) is 15.0. The second-order valence-corrected chi connectivity index (χ2v) is 11.2. The number of ether oxygens (including phenoxy) is 10. The molecule has 2 aromatic carbocycles. The molecular weight excluding hydrogens is 673 g/mol. The van der Waals surface area contributed by atoms with Crippen molar-refractivity contribution in [3.63, 3.8) is 0 Å². The van der Waals surface area contributed by atoms with Crippen LogP contribution >= 0.6 is 0 Å². The van der Waals surface area contributed by atoms with Gasteiger partial charge in [0.25, 0.3) is 0 Å². The zero-order valence-corrected chi connectivity index (χ0v) is 26.8. The zero-order valence-electron chi connectivity index (χ0n) is 25.9. The third-order valence-corrected chi connectivity index (χ3v) is 7.10. The Kier molecular flexibility index (Phi) is 15.2. The van der Waals surface area contributed by atoms with Gasteiger partial charge in [-0.25, -0.2) is 0 Å². The van der Waals surface area contributed by atoms with E-state index in [0.29, 0.717) is 58.6 Å². The van der Waals surface area contributed by atoms with E-state index in [-0.39, 0.29) is 75.8 Å². The molecule has 2 heterocycles. The summed E-state index contributed by atoms with van der Waals surface area (Å²) in [5.41, 5.74) is -5.94. The summed E-state index contributed by atoms with van der Waals surface area (Å²) in [5, 5.41) is 8.11. The highest BCUT2D eigenvalue weighted by molar-refractivity contribution is 7.88. The standard InChI is InChI=1S/C29H37F3N2O13S/c30-29(31,32)48(35,36)47-25-21-28-27(45-17-13-41-9-5-38-6-10-42-14-18-46-28)20-23(25)34-33-22-1-2-24-26(19-22)44-16-12-40-8-4-37-3-7-39-11-15-43-24/h1-2,19-21H,3-18H2. The molecule has 4 rings (SSSR count). The Morgan fingerprint density at radius 2 is 0.917 bits per heavy atom. The van der Waals surface area contributed by atoms with Gasteiger partial charge >= 0.3 is 15.6 Å². The molecule has 2 aliphatic rings. The first kappa shape index (κ1) is 37.4.